The summed E-state index contributed by atoms with van der Waals surface area (Å²) in [5.74, 6) is -0.118. The maximum atomic E-state index is 12.4. The van der Waals surface area contributed by atoms with Gasteiger partial charge in [0.25, 0.3) is 5.91 Å². The number of amides is 1. The summed E-state index contributed by atoms with van der Waals surface area (Å²) in [6.07, 6.45) is 4.85. The average Bonchev–Trinajstić information content (AvgIpc) is 2.48. The number of rotatable bonds is 4. The van der Waals surface area contributed by atoms with E-state index in [4.69, 9.17) is 5.73 Å². The molecule has 0 unspecified atom stereocenters. The first-order chi connectivity index (χ1) is 9.61. The first kappa shape index (κ1) is 15.1. The number of aldehydes is 1. The number of hydrogen-bond donors (Lipinski definition) is 1. The molecule has 108 valence electrons. The zero-order chi connectivity index (χ0) is 14.5. The van der Waals surface area contributed by atoms with E-state index in [2.05, 4.69) is 0 Å². The molecule has 0 aromatic heterocycles. The van der Waals surface area contributed by atoms with Crippen molar-refractivity contribution in [1.29, 1.82) is 0 Å². The summed E-state index contributed by atoms with van der Waals surface area (Å²) in [6.45, 7) is 0. The molecule has 1 aliphatic rings. The Balaban J connectivity index is 2.00. The SMILES string of the molecule is CN(SC1CCC(N)CC1)C(=O)c1ccccc1C=O. The second-order valence-corrected chi connectivity index (χ2v) is 6.58. The number of nitrogens with zero attached hydrogens (tertiary/aromatic N) is 1. The third kappa shape index (κ3) is 3.61. The zero-order valence-electron chi connectivity index (χ0n) is 11.6. The molecule has 1 aromatic rings. The van der Waals surface area contributed by atoms with Crippen molar-refractivity contribution in [3.63, 3.8) is 0 Å². The molecule has 1 saturated carbocycles. The zero-order valence-corrected chi connectivity index (χ0v) is 12.4. The number of benzene rings is 1. The van der Waals surface area contributed by atoms with E-state index in [9.17, 15) is 9.59 Å². The van der Waals surface area contributed by atoms with Crippen LogP contribution in [-0.2, 0) is 0 Å². The van der Waals surface area contributed by atoms with Crippen LogP contribution in [0.15, 0.2) is 24.3 Å². The summed E-state index contributed by atoms with van der Waals surface area (Å²) in [4.78, 5) is 23.4. The highest BCUT2D eigenvalue weighted by molar-refractivity contribution is 7.98. The quantitative estimate of drug-likeness (QED) is 0.684. The molecule has 0 bridgehead atoms. The van der Waals surface area contributed by atoms with Crippen LogP contribution in [0.3, 0.4) is 0 Å². The minimum atomic E-state index is -0.118. The normalized spacial score (nSPS) is 22.3. The van der Waals surface area contributed by atoms with E-state index in [1.165, 1.54) is 0 Å². The molecule has 0 aliphatic heterocycles. The molecule has 1 aliphatic carbocycles. The Kier molecular flexibility index (Phi) is 5.20. The maximum Gasteiger partial charge on any atom is 0.264 e. The van der Waals surface area contributed by atoms with Gasteiger partial charge in [0.2, 0.25) is 0 Å². The highest BCUT2D eigenvalue weighted by atomic mass is 32.2. The van der Waals surface area contributed by atoms with E-state index in [0.29, 0.717) is 22.4 Å². The van der Waals surface area contributed by atoms with Gasteiger partial charge >= 0.3 is 0 Å². The largest absolute Gasteiger partial charge is 0.328 e. The van der Waals surface area contributed by atoms with Gasteiger partial charge < -0.3 is 5.73 Å². The Hall–Kier alpha value is -1.33. The van der Waals surface area contributed by atoms with Crippen molar-refractivity contribution in [2.75, 3.05) is 7.05 Å². The lowest BCUT2D eigenvalue weighted by atomic mass is 9.96. The van der Waals surface area contributed by atoms with Crippen LogP contribution < -0.4 is 5.73 Å². The predicted molar refractivity (Wildman–Crippen MR) is 81.7 cm³/mol. The summed E-state index contributed by atoms with van der Waals surface area (Å²) >= 11 is 1.56. The fourth-order valence-corrected chi connectivity index (χ4v) is 3.55. The molecule has 4 nitrogen and oxygen atoms in total. The maximum absolute atomic E-state index is 12.4. The smallest absolute Gasteiger partial charge is 0.264 e. The second kappa shape index (κ2) is 6.90. The monoisotopic (exact) mass is 292 g/mol. The van der Waals surface area contributed by atoms with Gasteiger partial charge in [0.15, 0.2) is 6.29 Å². The van der Waals surface area contributed by atoms with Crippen LogP contribution in [0.1, 0.15) is 46.4 Å². The van der Waals surface area contributed by atoms with Gasteiger partial charge in [-0.25, -0.2) is 0 Å². The van der Waals surface area contributed by atoms with Crippen molar-refractivity contribution in [3.05, 3.63) is 35.4 Å². The lowest BCUT2D eigenvalue weighted by molar-refractivity contribution is 0.0887. The van der Waals surface area contributed by atoms with Crippen molar-refractivity contribution >= 4 is 24.1 Å². The van der Waals surface area contributed by atoms with Gasteiger partial charge in [-0.15, -0.1) is 0 Å². The van der Waals surface area contributed by atoms with E-state index >= 15 is 0 Å². The minimum absolute atomic E-state index is 0.118. The molecule has 2 rings (SSSR count). The molecular formula is C15H20N2O2S. The molecule has 5 heteroatoms. The van der Waals surface area contributed by atoms with Gasteiger partial charge in [0, 0.05) is 23.9 Å². The van der Waals surface area contributed by atoms with Gasteiger partial charge in [-0.1, -0.05) is 18.2 Å². The van der Waals surface area contributed by atoms with Crippen LogP contribution in [0.4, 0.5) is 0 Å². The summed E-state index contributed by atoms with van der Waals surface area (Å²) in [5.41, 5.74) is 6.79. The Bertz CT molecular complexity index is 485. The molecule has 1 aromatic carbocycles. The van der Waals surface area contributed by atoms with Gasteiger partial charge in [-0.05, 0) is 43.7 Å². The third-order valence-electron chi connectivity index (χ3n) is 3.63. The number of carbonyl (C=O) groups excluding carboxylic acids is 2. The Labute approximate surface area is 123 Å². The average molecular weight is 292 g/mol. The minimum Gasteiger partial charge on any atom is -0.328 e. The highest BCUT2D eigenvalue weighted by Gasteiger charge is 2.23. The fourth-order valence-electron chi connectivity index (χ4n) is 2.43. The Morgan fingerprint density at radius 3 is 2.60 bits per heavy atom. The van der Waals surface area contributed by atoms with Crippen molar-refractivity contribution < 1.29 is 9.59 Å². The number of carbonyl (C=O) groups is 2. The number of hydrogen-bond acceptors (Lipinski definition) is 4. The van der Waals surface area contributed by atoms with E-state index in [0.717, 1.165) is 32.0 Å². The van der Waals surface area contributed by atoms with Gasteiger partial charge in [-0.3, -0.25) is 13.9 Å². The summed E-state index contributed by atoms with van der Waals surface area (Å²) < 4.78 is 1.64. The van der Waals surface area contributed by atoms with Crippen molar-refractivity contribution in [2.24, 2.45) is 5.73 Å². The lowest BCUT2D eigenvalue weighted by Gasteiger charge is -2.28. The van der Waals surface area contributed by atoms with Crippen molar-refractivity contribution in [2.45, 2.75) is 37.0 Å². The summed E-state index contributed by atoms with van der Waals surface area (Å²) in [5, 5.41) is 0.437. The third-order valence-corrected chi connectivity index (χ3v) is 4.88. The molecule has 0 radical (unpaired) electrons. The topological polar surface area (TPSA) is 63.4 Å². The van der Waals surface area contributed by atoms with E-state index in [1.807, 2.05) is 0 Å². The Morgan fingerprint density at radius 2 is 1.95 bits per heavy atom. The standard InChI is InChI=1S/C15H20N2O2S/c1-17(20-13-8-6-12(16)7-9-13)15(19)14-5-3-2-4-11(14)10-18/h2-5,10,12-13H,6-9,16H2,1H3. The first-order valence-electron chi connectivity index (χ1n) is 6.86. The van der Waals surface area contributed by atoms with E-state index in [-0.39, 0.29) is 5.91 Å². The molecule has 20 heavy (non-hydrogen) atoms. The van der Waals surface area contributed by atoms with Crippen molar-refractivity contribution in [1.82, 2.24) is 4.31 Å². The molecule has 1 amide bonds. The van der Waals surface area contributed by atoms with Gasteiger partial charge in [0.05, 0.1) is 5.56 Å². The first-order valence-corrected chi connectivity index (χ1v) is 7.70. The molecule has 0 saturated heterocycles. The van der Waals surface area contributed by atoms with Crippen LogP contribution in [0.5, 0.6) is 0 Å². The van der Waals surface area contributed by atoms with Gasteiger partial charge in [-0.2, -0.15) is 0 Å². The molecule has 0 atom stereocenters. The van der Waals surface area contributed by atoms with Crippen LogP contribution >= 0.6 is 11.9 Å². The molecule has 2 N–H and O–H groups in total. The second-order valence-electron chi connectivity index (χ2n) is 5.15. The van der Waals surface area contributed by atoms with Crippen molar-refractivity contribution in [3.8, 4) is 0 Å². The summed E-state index contributed by atoms with van der Waals surface area (Å²) in [6, 6.07) is 7.20. The molecule has 0 spiro atoms. The van der Waals surface area contributed by atoms with Gasteiger partial charge in [0.1, 0.15) is 0 Å². The predicted octanol–water partition coefficient (Wildman–Crippen LogP) is 2.49. The van der Waals surface area contributed by atoms with E-state index < -0.39 is 0 Å². The fraction of sp³-hybridized carbons (Fsp3) is 0.467. The summed E-state index contributed by atoms with van der Waals surface area (Å²) in [7, 11) is 1.77. The van der Waals surface area contributed by atoms with Crippen LogP contribution in [0, 0.1) is 0 Å². The lowest BCUT2D eigenvalue weighted by Crippen LogP contribution is -2.30. The molecule has 0 heterocycles. The van der Waals surface area contributed by atoms with Crippen LogP contribution in [0.25, 0.3) is 0 Å². The number of nitrogens with two attached hydrogens (primary N) is 1. The molecular weight excluding hydrogens is 272 g/mol. The van der Waals surface area contributed by atoms with Crippen LogP contribution in [-0.4, -0.2) is 34.8 Å². The molecule has 1 fully saturated rings. The van der Waals surface area contributed by atoms with Crippen LogP contribution in [0.2, 0.25) is 0 Å². The highest BCUT2D eigenvalue weighted by Crippen LogP contribution is 2.30. The van der Waals surface area contributed by atoms with E-state index in [1.54, 1.807) is 47.6 Å². The Morgan fingerprint density at radius 1 is 1.30 bits per heavy atom.